The first-order valence-corrected chi connectivity index (χ1v) is 6.61. The third-order valence-electron chi connectivity index (χ3n) is 4.42. The molecule has 1 aliphatic heterocycles. The Morgan fingerprint density at radius 1 is 1.20 bits per heavy atom. The maximum absolute atomic E-state index is 9.61. The molecule has 1 heterocycles. The normalized spacial score (nSPS) is 27.6. The second kappa shape index (κ2) is 4.84. The van der Waals surface area contributed by atoms with E-state index in [4.69, 9.17) is 0 Å². The van der Waals surface area contributed by atoms with Crippen LogP contribution < -0.4 is 0 Å². The molecule has 0 unspecified atom stereocenters. The maximum atomic E-state index is 9.61. The summed E-state index contributed by atoms with van der Waals surface area (Å²) < 4.78 is 0. The zero-order chi connectivity index (χ0) is 10.7. The Labute approximate surface area is 93.7 Å². The average molecular weight is 211 g/mol. The Balaban J connectivity index is 1.80. The molecule has 0 spiro atoms. The van der Waals surface area contributed by atoms with Crippen LogP contribution in [0.25, 0.3) is 0 Å². The van der Waals surface area contributed by atoms with Crippen molar-refractivity contribution in [3.8, 4) is 0 Å². The summed E-state index contributed by atoms with van der Waals surface area (Å²) in [6.45, 7) is 6.39. The fourth-order valence-electron chi connectivity index (χ4n) is 3.21. The standard InChI is InChI=1S/C13H25NO/c1-2-12-8-14(9-12)10-13(11-15)6-4-3-5-7-13/h12,15H,2-11H2,1H3. The first-order valence-electron chi connectivity index (χ1n) is 6.61. The minimum atomic E-state index is 0.261. The summed E-state index contributed by atoms with van der Waals surface area (Å²) in [5, 5.41) is 9.61. The van der Waals surface area contributed by atoms with Gasteiger partial charge >= 0.3 is 0 Å². The van der Waals surface area contributed by atoms with E-state index in [1.54, 1.807) is 0 Å². The highest BCUT2D eigenvalue weighted by Crippen LogP contribution is 2.38. The van der Waals surface area contributed by atoms with E-state index in [2.05, 4.69) is 11.8 Å². The lowest BCUT2D eigenvalue weighted by Gasteiger charge is -2.46. The van der Waals surface area contributed by atoms with Crippen molar-refractivity contribution in [1.29, 1.82) is 0 Å². The van der Waals surface area contributed by atoms with Crippen molar-refractivity contribution in [2.24, 2.45) is 11.3 Å². The lowest BCUT2D eigenvalue weighted by molar-refractivity contribution is -0.00464. The fraction of sp³-hybridized carbons (Fsp3) is 1.00. The molecule has 0 radical (unpaired) electrons. The molecule has 0 bridgehead atoms. The van der Waals surface area contributed by atoms with Gasteiger partial charge in [-0.1, -0.05) is 32.6 Å². The minimum Gasteiger partial charge on any atom is -0.396 e. The molecule has 1 saturated carbocycles. The molecule has 2 heteroatoms. The number of rotatable bonds is 4. The van der Waals surface area contributed by atoms with Crippen molar-refractivity contribution in [3.63, 3.8) is 0 Å². The quantitative estimate of drug-likeness (QED) is 0.771. The summed E-state index contributed by atoms with van der Waals surface area (Å²) in [5.41, 5.74) is 0.261. The Hall–Kier alpha value is -0.0800. The van der Waals surface area contributed by atoms with Crippen LogP contribution in [0.3, 0.4) is 0 Å². The summed E-state index contributed by atoms with van der Waals surface area (Å²) in [6.07, 6.45) is 7.84. The van der Waals surface area contributed by atoms with E-state index in [9.17, 15) is 5.11 Å². The predicted octanol–water partition coefficient (Wildman–Crippen LogP) is 2.27. The molecule has 88 valence electrons. The van der Waals surface area contributed by atoms with Gasteiger partial charge in [0.15, 0.2) is 0 Å². The topological polar surface area (TPSA) is 23.5 Å². The van der Waals surface area contributed by atoms with Crippen LogP contribution >= 0.6 is 0 Å². The predicted molar refractivity (Wildman–Crippen MR) is 62.8 cm³/mol. The zero-order valence-electron chi connectivity index (χ0n) is 10.0. The highest BCUT2D eigenvalue weighted by Gasteiger charge is 2.36. The number of likely N-dealkylation sites (tertiary alicyclic amines) is 1. The van der Waals surface area contributed by atoms with Crippen molar-refractivity contribution >= 4 is 0 Å². The van der Waals surface area contributed by atoms with E-state index >= 15 is 0 Å². The van der Waals surface area contributed by atoms with Crippen LogP contribution in [0.4, 0.5) is 0 Å². The van der Waals surface area contributed by atoms with Crippen LogP contribution in [-0.4, -0.2) is 36.2 Å². The van der Waals surface area contributed by atoms with E-state index in [0.29, 0.717) is 6.61 Å². The van der Waals surface area contributed by atoms with Crippen LogP contribution in [0, 0.1) is 11.3 Å². The number of nitrogens with zero attached hydrogens (tertiary/aromatic N) is 1. The monoisotopic (exact) mass is 211 g/mol. The lowest BCUT2D eigenvalue weighted by atomic mass is 9.73. The van der Waals surface area contributed by atoms with E-state index in [1.807, 2.05) is 0 Å². The van der Waals surface area contributed by atoms with Crippen LogP contribution in [-0.2, 0) is 0 Å². The zero-order valence-corrected chi connectivity index (χ0v) is 10.0. The maximum Gasteiger partial charge on any atom is 0.0499 e. The Bertz CT molecular complexity index is 193. The molecule has 0 aromatic rings. The average Bonchev–Trinajstić information content (AvgIpc) is 2.24. The van der Waals surface area contributed by atoms with Gasteiger partial charge in [-0.2, -0.15) is 0 Å². The highest BCUT2D eigenvalue weighted by atomic mass is 16.3. The fourth-order valence-corrected chi connectivity index (χ4v) is 3.21. The summed E-state index contributed by atoms with van der Waals surface area (Å²) >= 11 is 0. The van der Waals surface area contributed by atoms with E-state index in [0.717, 1.165) is 12.5 Å². The van der Waals surface area contributed by atoms with Gasteiger partial charge in [-0.15, -0.1) is 0 Å². The number of hydrogen-bond donors (Lipinski definition) is 1. The van der Waals surface area contributed by atoms with Gasteiger partial charge in [-0.3, -0.25) is 0 Å². The molecule has 2 aliphatic rings. The van der Waals surface area contributed by atoms with E-state index in [1.165, 1.54) is 51.6 Å². The van der Waals surface area contributed by atoms with Crippen molar-refractivity contribution in [1.82, 2.24) is 4.90 Å². The van der Waals surface area contributed by atoms with Gasteiger partial charge in [-0.25, -0.2) is 0 Å². The molecule has 0 aromatic heterocycles. The molecular formula is C13H25NO. The van der Waals surface area contributed by atoms with Crippen molar-refractivity contribution in [2.75, 3.05) is 26.2 Å². The van der Waals surface area contributed by atoms with Gasteiger partial charge in [-0.05, 0) is 18.8 Å². The molecule has 0 atom stereocenters. The first kappa shape index (κ1) is 11.4. The molecule has 1 aliphatic carbocycles. The summed E-state index contributed by atoms with van der Waals surface area (Å²) in [6, 6.07) is 0. The first-order chi connectivity index (χ1) is 7.28. The molecule has 1 saturated heterocycles. The van der Waals surface area contributed by atoms with Gasteiger partial charge in [0.25, 0.3) is 0 Å². The van der Waals surface area contributed by atoms with Crippen LogP contribution in [0.5, 0.6) is 0 Å². The Morgan fingerprint density at radius 2 is 1.87 bits per heavy atom. The van der Waals surface area contributed by atoms with E-state index < -0.39 is 0 Å². The SMILES string of the molecule is CCC1CN(CC2(CO)CCCCC2)C1. The van der Waals surface area contributed by atoms with Gasteiger partial charge in [0, 0.05) is 31.7 Å². The van der Waals surface area contributed by atoms with Crippen molar-refractivity contribution < 1.29 is 5.11 Å². The van der Waals surface area contributed by atoms with Crippen molar-refractivity contribution in [3.05, 3.63) is 0 Å². The third-order valence-corrected chi connectivity index (χ3v) is 4.42. The van der Waals surface area contributed by atoms with Crippen LogP contribution in [0.15, 0.2) is 0 Å². The summed E-state index contributed by atoms with van der Waals surface area (Å²) in [7, 11) is 0. The molecule has 2 fully saturated rings. The molecule has 1 N–H and O–H groups in total. The molecule has 2 rings (SSSR count). The molecule has 2 nitrogen and oxygen atoms in total. The van der Waals surface area contributed by atoms with Gasteiger partial charge in [0.1, 0.15) is 0 Å². The summed E-state index contributed by atoms with van der Waals surface area (Å²) in [5.74, 6) is 0.935. The minimum absolute atomic E-state index is 0.261. The number of aliphatic hydroxyl groups excluding tert-OH is 1. The van der Waals surface area contributed by atoms with Crippen molar-refractivity contribution in [2.45, 2.75) is 45.4 Å². The van der Waals surface area contributed by atoms with Gasteiger partial charge in [0.05, 0.1) is 0 Å². The molecular weight excluding hydrogens is 186 g/mol. The molecule has 0 amide bonds. The highest BCUT2D eigenvalue weighted by molar-refractivity contribution is 4.89. The molecule has 0 aromatic carbocycles. The van der Waals surface area contributed by atoms with Gasteiger partial charge in [0.2, 0.25) is 0 Å². The molecule has 15 heavy (non-hydrogen) atoms. The largest absolute Gasteiger partial charge is 0.396 e. The lowest BCUT2D eigenvalue weighted by Crippen LogP contribution is -2.52. The number of hydrogen-bond acceptors (Lipinski definition) is 2. The van der Waals surface area contributed by atoms with Gasteiger partial charge < -0.3 is 10.0 Å². The second-order valence-electron chi connectivity index (χ2n) is 5.69. The summed E-state index contributed by atoms with van der Waals surface area (Å²) in [4.78, 5) is 2.55. The van der Waals surface area contributed by atoms with Crippen LogP contribution in [0.1, 0.15) is 45.4 Å². The Morgan fingerprint density at radius 3 is 2.40 bits per heavy atom. The third kappa shape index (κ3) is 2.54. The Kier molecular flexibility index (Phi) is 3.68. The van der Waals surface area contributed by atoms with E-state index in [-0.39, 0.29) is 5.41 Å². The smallest absolute Gasteiger partial charge is 0.0499 e. The number of aliphatic hydroxyl groups is 1. The van der Waals surface area contributed by atoms with Crippen LogP contribution in [0.2, 0.25) is 0 Å². The second-order valence-corrected chi connectivity index (χ2v) is 5.69.